The normalized spacial score (nSPS) is 10.2. The molecule has 1 N–H and O–H groups in total. The van der Waals surface area contributed by atoms with Crippen molar-refractivity contribution in [2.24, 2.45) is 0 Å². The number of H-pyrrole nitrogens is 1. The summed E-state index contributed by atoms with van der Waals surface area (Å²) < 4.78 is 11.3. The highest BCUT2D eigenvalue weighted by Gasteiger charge is 2.16. The van der Waals surface area contributed by atoms with Crippen LogP contribution >= 0.6 is 0 Å². The zero-order valence-corrected chi connectivity index (χ0v) is 15.6. The number of hydrogen-bond acceptors (Lipinski definition) is 3. The van der Waals surface area contributed by atoms with E-state index in [1.54, 1.807) is 12.4 Å². The highest BCUT2D eigenvalue weighted by Crippen LogP contribution is 2.34. The summed E-state index contributed by atoms with van der Waals surface area (Å²) in [5.41, 5.74) is 1.95. The molecule has 0 saturated carbocycles. The molecule has 0 aliphatic heterocycles. The van der Waals surface area contributed by atoms with Crippen LogP contribution in [0.1, 0.15) is 36.6 Å². The molecule has 0 spiro atoms. The van der Waals surface area contributed by atoms with Gasteiger partial charge < -0.3 is 14.5 Å². The Morgan fingerprint density at radius 2 is 1.42 bits per heavy atom. The number of nitrogens with zero attached hydrogens (tertiary/aromatic N) is 1. The van der Waals surface area contributed by atoms with Crippen molar-refractivity contribution in [3.63, 3.8) is 0 Å². The smallest absolute Gasteiger partial charge is 0.122 e. The van der Waals surface area contributed by atoms with Crippen molar-refractivity contribution < 1.29 is 9.47 Å². The molecule has 0 saturated heterocycles. The highest BCUT2D eigenvalue weighted by atomic mass is 16.5. The number of para-hydroxylation sites is 2. The largest absolute Gasteiger partial charge is 0.494 e. The van der Waals surface area contributed by atoms with Crippen LogP contribution in [0.2, 0.25) is 0 Å². The summed E-state index contributed by atoms with van der Waals surface area (Å²) in [6.07, 6.45) is 3.53. The maximum atomic E-state index is 6.42. The van der Waals surface area contributed by atoms with Gasteiger partial charge in [-0.1, -0.05) is 36.4 Å². The lowest BCUT2D eigenvalue weighted by Gasteiger charge is -2.20. The second kappa shape index (κ2) is 10.3. The van der Waals surface area contributed by atoms with Crippen molar-refractivity contribution in [3.8, 4) is 11.5 Å². The van der Waals surface area contributed by atoms with E-state index in [0.717, 1.165) is 28.5 Å². The van der Waals surface area contributed by atoms with Crippen LogP contribution in [-0.4, -0.2) is 31.0 Å². The lowest BCUT2D eigenvalue weighted by molar-refractivity contribution is 0.332. The zero-order chi connectivity index (χ0) is 18.8. The predicted octanol–water partition coefficient (Wildman–Crippen LogP) is 4.46. The molecule has 0 amide bonds. The van der Waals surface area contributed by atoms with Gasteiger partial charge in [-0.3, -0.25) is 0 Å². The number of imidazole rings is 1. The number of aryl methyl sites for hydroxylation is 1. The first-order chi connectivity index (χ1) is 12.7. The third-order valence-electron chi connectivity index (χ3n) is 3.74. The summed E-state index contributed by atoms with van der Waals surface area (Å²) in [5, 5.41) is 0. The van der Waals surface area contributed by atoms with Gasteiger partial charge in [-0.25, -0.2) is 4.98 Å². The van der Waals surface area contributed by atoms with Crippen molar-refractivity contribution in [1.29, 1.82) is 0 Å². The second-order valence-corrected chi connectivity index (χ2v) is 5.59. The Morgan fingerprint density at radius 3 is 1.77 bits per heavy atom. The van der Waals surface area contributed by atoms with Gasteiger partial charge in [-0.15, -0.1) is 0 Å². The fourth-order valence-electron chi connectivity index (χ4n) is 2.56. The highest BCUT2D eigenvalue weighted by molar-refractivity contribution is 6.15. The predicted molar refractivity (Wildman–Crippen MR) is 106 cm³/mol. The van der Waals surface area contributed by atoms with Gasteiger partial charge in [-0.05, 0) is 49.8 Å². The van der Waals surface area contributed by atoms with E-state index < -0.39 is 0 Å². The topological polar surface area (TPSA) is 47.1 Å². The van der Waals surface area contributed by atoms with Crippen molar-refractivity contribution >= 4 is 7.85 Å². The maximum absolute atomic E-state index is 6.42. The van der Waals surface area contributed by atoms with Crippen LogP contribution in [0.15, 0.2) is 60.9 Å². The van der Waals surface area contributed by atoms with Gasteiger partial charge in [-0.2, -0.15) is 0 Å². The molecule has 5 heteroatoms. The van der Waals surface area contributed by atoms with E-state index in [9.17, 15) is 0 Å². The van der Waals surface area contributed by atoms with Gasteiger partial charge in [0, 0.05) is 12.4 Å². The maximum Gasteiger partial charge on any atom is 0.122 e. The Balaban J connectivity index is 0.000000342. The molecule has 2 radical (unpaired) electrons. The molecule has 2 aromatic carbocycles. The Bertz CT molecular complexity index is 726. The standard InChI is InChI=1S/C17H19BO2.C4H6N2/c1-3-19-15-11-7-5-9-13(15)17(18)14-10-6-8-12-16(14)20-4-2;1-4-5-2-3-6-4/h5-12,17H,3-4H2,1-2H3;2-3H,1H3,(H,5,6). The Morgan fingerprint density at radius 1 is 0.923 bits per heavy atom. The van der Waals surface area contributed by atoms with Crippen LogP contribution in [0.3, 0.4) is 0 Å². The van der Waals surface area contributed by atoms with Crippen LogP contribution in [0.5, 0.6) is 11.5 Å². The van der Waals surface area contributed by atoms with Crippen molar-refractivity contribution in [2.75, 3.05) is 13.2 Å². The van der Waals surface area contributed by atoms with Gasteiger partial charge >= 0.3 is 0 Å². The molecular formula is C21H25BN2O2. The SMILES string of the molecule is Cc1ncc[nH]1.[B]C(c1ccccc1OCC)c1ccccc1OCC. The monoisotopic (exact) mass is 348 g/mol. The number of aromatic nitrogens is 2. The Kier molecular flexibility index (Phi) is 7.81. The molecule has 0 unspecified atom stereocenters. The van der Waals surface area contributed by atoms with Gasteiger partial charge in [0.05, 0.1) is 21.1 Å². The number of nitrogens with one attached hydrogen (secondary N) is 1. The minimum absolute atomic E-state index is 0.263. The zero-order valence-electron chi connectivity index (χ0n) is 15.6. The van der Waals surface area contributed by atoms with Crippen molar-refractivity contribution in [1.82, 2.24) is 9.97 Å². The quantitative estimate of drug-likeness (QED) is 0.669. The van der Waals surface area contributed by atoms with Crippen molar-refractivity contribution in [2.45, 2.75) is 26.6 Å². The van der Waals surface area contributed by atoms with Gasteiger partial charge in [0.2, 0.25) is 0 Å². The third kappa shape index (κ3) is 5.41. The van der Waals surface area contributed by atoms with Crippen LogP contribution in [-0.2, 0) is 0 Å². The molecule has 3 rings (SSSR count). The third-order valence-corrected chi connectivity index (χ3v) is 3.74. The lowest BCUT2D eigenvalue weighted by Crippen LogP contribution is -2.07. The summed E-state index contributed by atoms with van der Waals surface area (Å²) in [6.45, 7) is 7.10. The molecule has 0 atom stereocenters. The molecule has 3 aromatic rings. The van der Waals surface area contributed by atoms with E-state index in [1.165, 1.54) is 0 Å². The minimum Gasteiger partial charge on any atom is -0.494 e. The molecular weight excluding hydrogens is 323 g/mol. The van der Waals surface area contributed by atoms with E-state index in [1.807, 2.05) is 69.3 Å². The second-order valence-electron chi connectivity index (χ2n) is 5.59. The molecule has 0 aliphatic carbocycles. The molecule has 0 aliphatic rings. The van der Waals surface area contributed by atoms with Crippen LogP contribution in [0, 0.1) is 6.92 Å². The van der Waals surface area contributed by atoms with Crippen LogP contribution < -0.4 is 9.47 Å². The van der Waals surface area contributed by atoms with E-state index in [-0.39, 0.29) is 5.82 Å². The van der Waals surface area contributed by atoms with Gasteiger partial charge in [0.15, 0.2) is 0 Å². The van der Waals surface area contributed by atoms with Gasteiger partial charge in [0.25, 0.3) is 0 Å². The van der Waals surface area contributed by atoms with E-state index in [4.69, 9.17) is 17.3 Å². The average molecular weight is 348 g/mol. The number of rotatable bonds is 6. The first-order valence-electron chi connectivity index (χ1n) is 8.82. The molecule has 1 heterocycles. The number of benzene rings is 2. The first kappa shape index (κ1) is 19.6. The van der Waals surface area contributed by atoms with Crippen LogP contribution in [0.25, 0.3) is 0 Å². The molecule has 1 aromatic heterocycles. The number of ether oxygens (including phenoxy) is 2. The lowest BCUT2D eigenvalue weighted by atomic mass is 9.75. The van der Waals surface area contributed by atoms with E-state index >= 15 is 0 Å². The Labute approximate surface area is 157 Å². The van der Waals surface area contributed by atoms with Crippen molar-refractivity contribution in [3.05, 3.63) is 77.9 Å². The summed E-state index contributed by atoms with van der Waals surface area (Å²) in [6, 6.07) is 15.7. The van der Waals surface area contributed by atoms with E-state index in [0.29, 0.717) is 13.2 Å². The molecule has 134 valence electrons. The Hall–Kier alpha value is -2.69. The molecule has 4 nitrogen and oxygen atoms in total. The fourth-order valence-corrected chi connectivity index (χ4v) is 2.56. The average Bonchev–Trinajstić information content (AvgIpc) is 3.14. The molecule has 0 bridgehead atoms. The van der Waals surface area contributed by atoms with Crippen LogP contribution in [0.4, 0.5) is 0 Å². The fraction of sp³-hybridized carbons (Fsp3) is 0.286. The number of aromatic amines is 1. The first-order valence-corrected chi connectivity index (χ1v) is 8.82. The summed E-state index contributed by atoms with van der Waals surface area (Å²) in [7, 11) is 6.42. The summed E-state index contributed by atoms with van der Waals surface area (Å²) in [5.74, 6) is 2.36. The molecule has 0 fully saturated rings. The number of hydrogen-bond donors (Lipinski definition) is 1. The minimum atomic E-state index is -0.263. The summed E-state index contributed by atoms with van der Waals surface area (Å²) >= 11 is 0. The molecule has 26 heavy (non-hydrogen) atoms. The van der Waals surface area contributed by atoms with E-state index in [2.05, 4.69) is 9.97 Å². The summed E-state index contributed by atoms with van der Waals surface area (Å²) in [4.78, 5) is 6.75. The van der Waals surface area contributed by atoms with Gasteiger partial charge in [0.1, 0.15) is 17.3 Å².